The maximum atomic E-state index is 12.1. The summed E-state index contributed by atoms with van der Waals surface area (Å²) < 4.78 is 5.34. The Morgan fingerprint density at radius 3 is 2.68 bits per heavy atom. The molecule has 0 atom stereocenters. The Morgan fingerprint density at radius 2 is 1.96 bits per heavy atom. The highest BCUT2D eigenvalue weighted by molar-refractivity contribution is 7.16. The molecule has 0 fully saturated rings. The number of fused-ring (bicyclic) bond motifs is 1. The van der Waals surface area contributed by atoms with E-state index in [1.165, 1.54) is 11.3 Å². The van der Waals surface area contributed by atoms with E-state index in [9.17, 15) is 9.59 Å². The Kier molecular flexibility index (Phi) is 5.30. The molecule has 0 spiro atoms. The molecule has 0 saturated heterocycles. The van der Waals surface area contributed by atoms with Gasteiger partial charge in [0.05, 0.1) is 12.3 Å². The maximum Gasteiger partial charge on any atom is 0.315 e. The topological polar surface area (TPSA) is 83.6 Å². The van der Waals surface area contributed by atoms with Crippen molar-refractivity contribution in [2.75, 3.05) is 30.8 Å². The summed E-state index contributed by atoms with van der Waals surface area (Å²) >= 11 is 1.42. The van der Waals surface area contributed by atoms with Crippen LogP contribution in [-0.2, 0) is 22.6 Å². The molecule has 3 rings (SSSR count). The number of benzene rings is 1. The van der Waals surface area contributed by atoms with Crippen LogP contribution in [0.2, 0.25) is 0 Å². The second-order valence-electron chi connectivity index (χ2n) is 5.74. The number of aromatic nitrogens is 1. The number of thiazole rings is 1. The molecule has 1 aliphatic heterocycles. The summed E-state index contributed by atoms with van der Waals surface area (Å²) in [5.41, 5.74) is 1.54. The molecule has 1 aliphatic rings. The molecule has 7 nitrogen and oxygen atoms in total. The number of hydrogen-bond acceptors (Lipinski definition) is 6. The van der Waals surface area contributed by atoms with Gasteiger partial charge in [0.1, 0.15) is 5.75 Å². The first-order valence-corrected chi connectivity index (χ1v) is 8.89. The van der Waals surface area contributed by atoms with E-state index in [0.29, 0.717) is 23.2 Å². The fraction of sp³-hybridized carbons (Fsp3) is 0.353. The molecule has 25 heavy (non-hydrogen) atoms. The van der Waals surface area contributed by atoms with Gasteiger partial charge in [-0.1, -0.05) is 0 Å². The molecular weight excluding hydrogens is 340 g/mol. The van der Waals surface area contributed by atoms with E-state index in [1.807, 2.05) is 14.0 Å². The number of rotatable bonds is 4. The number of carbonyl (C=O) groups is 2. The number of likely N-dealkylation sites (N-methyl/N-ethyl adjacent to an activating group) is 1. The fourth-order valence-electron chi connectivity index (χ4n) is 2.52. The molecule has 1 aromatic heterocycles. The zero-order valence-electron chi connectivity index (χ0n) is 14.2. The third kappa shape index (κ3) is 4.34. The number of carbonyl (C=O) groups excluding carboxylic acids is 2. The van der Waals surface area contributed by atoms with Crippen LogP contribution in [0.4, 0.5) is 10.8 Å². The van der Waals surface area contributed by atoms with Crippen LogP contribution in [0.1, 0.15) is 17.5 Å². The van der Waals surface area contributed by atoms with Gasteiger partial charge in [-0.3, -0.25) is 14.9 Å². The van der Waals surface area contributed by atoms with Gasteiger partial charge >= 0.3 is 11.8 Å². The monoisotopic (exact) mass is 360 g/mol. The molecule has 0 unspecified atom stereocenters. The minimum absolute atomic E-state index is 0.465. The fourth-order valence-corrected chi connectivity index (χ4v) is 3.60. The van der Waals surface area contributed by atoms with Crippen molar-refractivity contribution in [1.29, 1.82) is 0 Å². The lowest BCUT2D eigenvalue weighted by molar-refractivity contribution is -0.132. The van der Waals surface area contributed by atoms with E-state index in [2.05, 4.69) is 20.5 Å². The van der Waals surface area contributed by atoms with Crippen molar-refractivity contribution in [2.45, 2.75) is 19.9 Å². The van der Waals surface area contributed by atoms with E-state index in [-0.39, 0.29) is 0 Å². The summed E-state index contributed by atoms with van der Waals surface area (Å²) in [5.74, 6) is -0.744. The van der Waals surface area contributed by atoms with Crippen LogP contribution in [0.25, 0.3) is 0 Å². The van der Waals surface area contributed by atoms with Crippen LogP contribution < -0.4 is 15.4 Å². The minimum atomic E-state index is -0.728. The van der Waals surface area contributed by atoms with Crippen LogP contribution in [0.3, 0.4) is 0 Å². The summed E-state index contributed by atoms with van der Waals surface area (Å²) in [7, 11) is 2.05. The highest BCUT2D eigenvalue weighted by Gasteiger charge is 2.21. The van der Waals surface area contributed by atoms with Crippen LogP contribution in [0, 0.1) is 0 Å². The van der Waals surface area contributed by atoms with Crippen LogP contribution in [-0.4, -0.2) is 41.9 Å². The molecule has 132 valence electrons. The highest BCUT2D eigenvalue weighted by atomic mass is 32.1. The molecule has 0 radical (unpaired) electrons. The molecule has 0 saturated carbocycles. The molecule has 1 aromatic carbocycles. The van der Waals surface area contributed by atoms with Crippen molar-refractivity contribution in [3.8, 4) is 5.75 Å². The van der Waals surface area contributed by atoms with Crippen molar-refractivity contribution >= 4 is 34.0 Å². The van der Waals surface area contributed by atoms with Gasteiger partial charge in [-0.2, -0.15) is 0 Å². The number of nitrogens with one attached hydrogen (secondary N) is 2. The van der Waals surface area contributed by atoms with Gasteiger partial charge in [0.25, 0.3) is 0 Å². The average Bonchev–Trinajstić information content (AvgIpc) is 2.98. The molecule has 0 bridgehead atoms. The third-order valence-corrected chi connectivity index (χ3v) is 4.77. The second-order valence-corrected chi connectivity index (χ2v) is 6.83. The Bertz CT molecular complexity index is 773. The second kappa shape index (κ2) is 7.62. The molecule has 2 N–H and O–H groups in total. The smallest absolute Gasteiger partial charge is 0.315 e. The highest BCUT2D eigenvalue weighted by Crippen LogP contribution is 2.27. The Balaban J connectivity index is 1.58. The van der Waals surface area contributed by atoms with Crippen molar-refractivity contribution < 1.29 is 14.3 Å². The number of anilines is 2. The number of nitrogens with zero attached hydrogens (tertiary/aromatic N) is 2. The van der Waals surface area contributed by atoms with Gasteiger partial charge in [0, 0.05) is 30.1 Å². The zero-order chi connectivity index (χ0) is 17.8. The van der Waals surface area contributed by atoms with E-state index >= 15 is 0 Å². The van der Waals surface area contributed by atoms with E-state index in [0.717, 1.165) is 30.1 Å². The van der Waals surface area contributed by atoms with E-state index in [1.54, 1.807) is 24.3 Å². The number of hydrogen-bond donors (Lipinski definition) is 2. The minimum Gasteiger partial charge on any atom is -0.494 e. The molecule has 8 heteroatoms. The third-order valence-electron chi connectivity index (χ3n) is 3.77. The van der Waals surface area contributed by atoms with Crippen molar-refractivity contribution in [1.82, 2.24) is 9.88 Å². The lowest BCUT2D eigenvalue weighted by atomic mass is 10.2. The van der Waals surface area contributed by atoms with Crippen molar-refractivity contribution in [2.24, 2.45) is 0 Å². The SMILES string of the molecule is CCOc1ccc(NC(=O)C(=O)Nc2nc3c(s2)CN(C)CC3)cc1. The van der Waals surface area contributed by atoms with E-state index < -0.39 is 11.8 Å². The lowest BCUT2D eigenvalue weighted by Crippen LogP contribution is -2.29. The first-order valence-electron chi connectivity index (χ1n) is 8.07. The van der Waals surface area contributed by atoms with Gasteiger partial charge in [0.15, 0.2) is 5.13 Å². The first-order chi connectivity index (χ1) is 12.0. The molecular formula is C17H20N4O3S. The average molecular weight is 360 g/mol. The lowest BCUT2D eigenvalue weighted by Gasteiger charge is -2.20. The molecule has 2 aromatic rings. The van der Waals surface area contributed by atoms with E-state index in [4.69, 9.17) is 4.74 Å². The summed E-state index contributed by atoms with van der Waals surface area (Å²) in [6.45, 7) is 4.24. The summed E-state index contributed by atoms with van der Waals surface area (Å²) in [5, 5.41) is 5.61. The Labute approximate surface area is 150 Å². The molecule has 2 amide bonds. The standard InChI is InChI=1S/C17H20N4O3S/c1-3-24-12-6-4-11(5-7-12)18-15(22)16(23)20-17-19-13-8-9-21(2)10-14(13)25-17/h4-7H,3,8-10H2,1-2H3,(H,18,22)(H,19,20,23). The van der Waals surface area contributed by atoms with Gasteiger partial charge < -0.3 is 15.0 Å². The zero-order valence-corrected chi connectivity index (χ0v) is 15.0. The van der Waals surface area contributed by atoms with Gasteiger partial charge in [0.2, 0.25) is 0 Å². The summed E-state index contributed by atoms with van der Waals surface area (Å²) in [6.07, 6.45) is 0.858. The van der Waals surface area contributed by atoms with Gasteiger partial charge in [-0.25, -0.2) is 4.98 Å². The molecule has 0 aliphatic carbocycles. The number of amides is 2. The predicted molar refractivity (Wildman–Crippen MR) is 97.0 cm³/mol. The Hall–Kier alpha value is -2.45. The maximum absolute atomic E-state index is 12.1. The Morgan fingerprint density at radius 1 is 1.24 bits per heavy atom. The summed E-state index contributed by atoms with van der Waals surface area (Å²) in [6, 6.07) is 6.85. The van der Waals surface area contributed by atoms with Gasteiger partial charge in [-0.15, -0.1) is 11.3 Å². The van der Waals surface area contributed by atoms with Crippen molar-refractivity contribution in [3.05, 3.63) is 34.8 Å². The normalized spacial score (nSPS) is 13.8. The number of ether oxygens (including phenoxy) is 1. The van der Waals surface area contributed by atoms with Crippen LogP contribution in [0.5, 0.6) is 5.75 Å². The first kappa shape index (κ1) is 17.4. The quantitative estimate of drug-likeness (QED) is 0.816. The van der Waals surface area contributed by atoms with Crippen molar-refractivity contribution in [3.63, 3.8) is 0 Å². The predicted octanol–water partition coefficient (Wildman–Crippen LogP) is 2.11. The molecule has 2 heterocycles. The largest absolute Gasteiger partial charge is 0.494 e. The van der Waals surface area contributed by atoms with Crippen LogP contribution in [0.15, 0.2) is 24.3 Å². The summed E-state index contributed by atoms with van der Waals surface area (Å²) in [4.78, 5) is 31.9. The van der Waals surface area contributed by atoms with Crippen LogP contribution >= 0.6 is 11.3 Å². The van der Waals surface area contributed by atoms with Gasteiger partial charge in [-0.05, 0) is 38.2 Å².